The molecule has 0 aromatic heterocycles. The van der Waals surface area contributed by atoms with Crippen LogP contribution < -0.4 is 21.7 Å². The van der Waals surface area contributed by atoms with Crippen molar-refractivity contribution in [1.82, 2.24) is 16.0 Å². The Balaban J connectivity index is 2.55. The van der Waals surface area contributed by atoms with Gasteiger partial charge in [-0.25, -0.2) is 4.99 Å². The molecule has 0 aliphatic carbocycles. The van der Waals surface area contributed by atoms with Crippen LogP contribution in [0.1, 0.15) is 49.5 Å². The molecule has 0 bridgehead atoms. The second-order valence-corrected chi connectivity index (χ2v) is 6.50. The van der Waals surface area contributed by atoms with Crippen LogP contribution in [-0.2, 0) is 11.3 Å². The van der Waals surface area contributed by atoms with Gasteiger partial charge >= 0.3 is 0 Å². The smallest absolute Gasteiger partial charge is 0.251 e. The maximum absolute atomic E-state index is 11.8. The lowest BCUT2D eigenvalue weighted by atomic mass is 10.1. The van der Waals surface area contributed by atoms with Gasteiger partial charge < -0.3 is 21.7 Å². The molecule has 0 heterocycles. The molecule has 7 heteroatoms. The summed E-state index contributed by atoms with van der Waals surface area (Å²) in [6.07, 6.45) is 2.29. The van der Waals surface area contributed by atoms with Crippen LogP contribution in [0.25, 0.3) is 0 Å². The number of nitrogens with one attached hydrogen (secondary N) is 3. The molecule has 0 radical (unpaired) electrons. The number of amides is 2. The zero-order chi connectivity index (χ0) is 19.4. The van der Waals surface area contributed by atoms with E-state index in [-0.39, 0.29) is 12.5 Å². The van der Waals surface area contributed by atoms with E-state index in [1.165, 1.54) is 6.42 Å². The summed E-state index contributed by atoms with van der Waals surface area (Å²) in [5.41, 5.74) is 6.49. The predicted octanol–water partition coefficient (Wildman–Crippen LogP) is 1.39. The number of hydrogen-bond donors (Lipinski definition) is 4. The van der Waals surface area contributed by atoms with Crippen LogP contribution in [0.15, 0.2) is 29.3 Å². The van der Waals surface area contributed by atoms with E-state index < -0.39 is 5.91 Å². The number of hydrogen-bond acceptors (Lipinski definition) is 3. The Bertz CT molecular complexity index is 596. The standard InChI is InChI=1S/C19H31N5O2/c1-4-21-19(22-11-5-6-14(2)3)24-12-15-7-9-16(10-8-15)18(26)23-13-17(20)25/h7-10,14H,4-6,11-13H2,1-3H3,(H2,20,25)(H,23,26)(H2,21,22,24). The van der Waals surface area contributed by atoms with Crippen LogP contribution in [0.3, 0.4) is 0 Å². The van der Waals surface area contributed by atoms with Crippen molar-refractivity contribution in [2.24, 2.45) is 16.6 Å². The fourth-order valence-corrected chi connectivity index (χ4v) is 2.26. The molecule has 0 aliphatic rings. The van der Waals surface area contributed by atoms with Crippen molar-refractivity contribution in [3.63, 3.8) is 0 Å². The van der Waals surface area contributed by atoms with Crippen LogP contribution in [0, 0.1) is 5.92 Å². The van der Waals surface area contributed by atoms with Gasteiger partial charge in [0.1, 0.15) is 0 Å². The zero-order valence-corrected chi connectivity index (χ0v) is 16.0. The number of rotatable bonds is 10. The molecule has 144 valence electrons. The maximum atomic E-state index is 11.8. The summed E-state index contributed by atoms with van der Waals surface area (Å²) < 4.78 is 0. The summed E-state index contributed by atoms with van der Waals surface area (Å²) in [7, 11) is 0. The molecule has 0 spiro atoms. The fourth-order valence-electron chi connectivity index (χ4n) is 2.26. The van der Waals surface area contributed by atoms with Gasteiger partial charge in [0.05, 0.1) is 13.1 Å². The van der Waals surface area contributed by atoms with Crippen molar-refractivity contribution < 1.29 is 9.59 Å². The van der Waals surface area contributed by atoms with Gasteiger partial charge in [0, 0.05) is 18.7 Å². The molecule has 0 atom stereocenters. The first kappa shape index (κ1) is 21.5. The van der Waals surface area contributed by atoms with E-state index in [4.69, 9.17) is 5.73 Å². The molecule has 26 heavy (non-hydrogen) atoms. The SMILES string of the molecule is CCNC(=NCc1ccc(C(=O)NCC(N)=O)cc1)NCCCC(C)C. The third kappa shape index (κ3) is 9.05. The minimum Gasteiger partial charge on any atom is -0.368 e. The first-order chi connectivity index (χ1) is 12.4. The van der Waals surface area contributed by atoms with Crippen LogP contribution in [0.4, 0.5) is 0 Å². The van der Waals surface area contributed by atoms with E-state index in [0.717, 1.165) is 31.0 Å². The molecule has 2 amide bonds. The van der Waals surface area contributed by atoms with Crippen molar-refractivity contribution in [2.45, 2.75) is 40.2 Å². The minimum absolute atomic E-state index is 0.167. The number of benzene rings is 1. The van der Waals surface area contributed by atoms with Gasteiger partial charge in [0.15, 0.2) is 5.96 Å². The average molecular weight is 361 g/mol. The maximum Gasteiger partial charge on any atom is 0.251 e. The highest BCUT2D eigenvalue weighted by atomic mass is 16.2. The molecule has 0 fully saturated rings. The van der Waals surface area contributed by atoms with Crippen molar-refractivity contribution >= 4 is 17.8 Å². The highest BCUT2D eigenvalue weighted by Crippen LogP contribution is 2.06. The van der Waals surface area contributed by atoms with Gasteiger partial charge in [0.25, 0.3) is 5.91 Å². The molecule has 0 unspecified atom stereocenters. The summed E-state index contributed by atoms with van der Waals surface area (Å²) in [6.45, 7) is 8.51. The van der Waals surface area contributed by atoms with Gasteiger partial charge in [-0.15, -0.1) is 0 Å². The largest absolute Gasteiger partial charge is 0.368 e. The van der Waals surface area contributed by atoms with Crippen LogP contribution in [0.2, 0.25) is 0 Å². The average Bonchev–Trinajstić information content (AvgIpc) is 2.61. The molecule has 1 aromatic rings. The Hall–Kier alpha value is -2.57. The highest BCUT2D eigenvalue weighted by Gasteiger charge is 2.06. The zero-order valence-electron chi connectivity index (χ0n) is 16.0. The minimum atomic E-state index is -0.568. The van der Waals surface area contributed by atoms with Gasteiger partial charge in [-0.2, -0.15) is 0 Å². The summed E-state index contributed by atoms with van der Waals surface area (Å²) in [5, 5.41) is 9.02. The molecule has 7 nitrogen and oxygen atoms in total. The Morgan fingerprint density at radius 1 is 1.12 bits per heavy atom. The molecule has 0 saturated carbocycles. The van der Waals surface area contributed by atoms with E-state index in [1.54, 1.807) is 12.1 Å². The van der Waals surface area contributed by atoms with Crippen LogP contribution in [0.5, 0.6) is 0 Å². The second kappa shape index (κ2) is 11.9. The van der Waals surface area contributed by atoms with Gasteiger partial charge in [-0.05, 0) is 43.4 Å². The molecular weight excluding hydrogens is 330 g/mol. The van der Waals surface area contributed by atoms with E-state index in [1.807, 2.05) is 19.1 Å². The lowest BCUT2D eigenvalue weighted by molar-refractivity contribution is -0.117. The summed E-state index contributed by atoms with van der Waals surface area (Å²) >= 11 is 0. The lowest BCUT2D eigenvalue weighted by Gasteiger charge is -2.12. The number of carbonyl (C=O) groups is 2. The summed E-state index contributed by atoms with van der Waals surface area (Å²) in [6, 6.07) is 7.13. The molecule has 1 aromatic carbocycles. The van der Waals surface area contributed by atoms with E-state index in [2.05, 4.69) is 34.8 Å². The Morgan fingerprint density at radius 3 is 2.38 bits per heavy atom. The normalized spacial score (nSPS) is 11.3. The van der Waals surface area contributed by atoms with E-state index >= 15 is 0 Å². The van der Waals surface area contributed by atoms with E-state index in [0.29, 0.717) is 18.0 Å². The Labute approximate surface area is 155 Å². The van der Waals surface area contributed by atoms with Crippen LogP contribution >= 0.6 is 0 Å². The summed E-state index contributed by atoms with van der Waals surface area (Å²) in [4.78, 5) is 27.1. The third-order valence-corrected chi connectivity index (χ3v) is 3.65. The molecular formula is C19H31N5O2. The topological polar surface area (TPSA) is 109 Å². The first-order valence-corrected chi connectivity index (χ1v) is 9.10. The number of aliphatic imine (C=N–C) groups is 1. The lowest BCUT2D eigenvalue weighted by Crippen LogP contribution is -2.37. The number of nitrogens with two attached hydrogens (primary N) is 1. The van der Waals surface area contributed by atoms with Crippen LogP contribution in [-0.4, -0.2) is 37.4 Å². The Morgan fingerprint density at radius 2 is 1.81 bits per heavy atom. The second-order valence-electron chi connectivity index (χ2n) is 6.50. The summed E-state index contributed by atoms with van der Waals surface area (Å²) in [5.74, 6) is 0.606. The van der Waals surface area contributed by atoms with Gasteiger partial charge in [0.2, 0.25) is 5.91 Å². The molecule has 1 rings (SSSR count). The quantitative estimate of drug-likeness (QED) is 0.287. The number of carbonyl (C=O) groups excluding carboxylic acids is 2. The number of nitrogens with zero attached hydrogens (tertiary/aromatic N) is 1. The fraction of sp³-hybridized carbons (Fsp3) is 0.526. The Kier molecular flexibility index (Phi) is 9.82. The van der Waals surface area contributed by atoms with E-state index in [9.17, 15) is 9.59 Å². The van der Waals surface area contributed by atoms with Crippen molar-refractivity contribution in [3.8, 4) is 0 Å². The number of guanidine groups is 1. The molecule has 0 aliphatic heterocycles. The molecule has 5 N–H and O–H groups in total. The monoisotopic (exact) mass is 361 g/mol. The molecule has 0 saturated heterocycles. The van der Waals surface area contributed by atoms with Crippen molar-refractivity contribution in [3.05, 3.63) is 35.4 Å². The first-order valence-electron chi connectivity index (χ1n) is 9.10. The van der Waals surface area contributed by atoms with Crippen molar-refractivity contribution in [2.75, 3.05) is 19.6 Å². The van der Waals surface area contributed by atoms with Gasteiger partial charge in [-0.3, -0.25) is 9.59 Å². The predicted molar refractivity (Wildman–Crippen MR) is 105 cm³/mol. The highest BCUT2D eigenvalue weighted by molar-refractivity contribution is 5.96. The van der Waals surface area contributed by atoms with Gasteiger partial charge in [-0.1, -0.05) is 26.0 Å². The third-order valence-electron chi connectivity index (χ3n) is 3.65. The van der Waals surface area contributed by atoms with Crippen molar-refractivity contribution in [1.29, 1.82) is 0 Å². The number of primary amides is 1.